The van der Waals surface area contributed by atoms with Gasteiger partial charge in [0.25, 0.3) is 5.91 Å². The van der Waals surface area contributed by atoms with E-state index in [2.05, 4.69) is 15.7 Å². The minimum Gasteiger partial charge on any atom is -0.493 e. The molecule has 1 heterocycles. The summed E-state index contributed by atoms with van der Waals surface area (Å²) < 4.78 is 12.5. The highest BCUT2D eigenvalue weighted by Gasteiger charge is 2.20. The molecule has 9 heteroatoms. The van der Waals surface area contributed by atoms with Crippen molar-refractivity contribution in [3.05, 3.63) is 41.7 Å². The van der Waals surface area contributed by atoms with Crippen molar-refractivity contribution in [3.63, 3.8) is 0 Å². The maximum atomic E-state index is 12.5. The van der Waals surface area contributed by atoms with E-state index in [1.165, 1.54) is 12.0 Å². The highest BCUT2D eigenvalue weighted by atomic mass is 16.5. The molecule has 0 saturated carbocycles. The maximum Gasteiger partial charge on any atom is 0.259 e. The molecule has 0 radical (unpaired) electrons. The Balaban J connectivity index is 2.00. The molecule has 152 valence electrons. The van der Waals surface area contributed by atoms with E-state index in [4.69, 9.17) is 9.47 Å². The van der Waals surface area contributed by atoms with Gasteiger partial charge in [-0.15, -0.1) is 0 Å². The quantitative estimate of drug-likeness (QED) is 0.647. The second-order valence-electron chi connectivity index (χ2n) is 6.45. The zero-order chi connectivity index (χ0) is 20.7. The molecule has 2 aromatic rings. The van der Waals surface area contributed by atoms with Crippen LogP contribution in [-0.4, -0.2) is 61.4 Å². The third-order valence-electron chi connectivity index (χ3n) is 4.15. The molecule has 0 bridgehead atoms. The normalized spacial score (nSPS) is 11.6. The molecular weight excluding hydrogens is 362 g/mol. The number of amides is 2. The smallest absolute Gasteiger partial charge is 0.259 e. The molecule has 28 heavy (non-hydrogen) atoms. The summed E-state index contributed by atoms with van der Waals surface area (Å²) in [4.78, 5) is 25.6. The van der Waals surface area contributed by atoms with Crippen molar-refractivity contribution >= 4 is 11.8 Å². The number of carbonyl (C=O) groups excluding carboxylic acids is 2. The van der Waals surface area contributed by atoms with Gasteiger partial charge < -0.3 is 25.0 Å². The van der Waals surface area contributed by atoms with Crippen LogP contribution >= 0.6 is 0 Å². The number of hydrogen-bond donors (Lipinski definition) is 2. The Hall–Kier alpha value is -3.07. The maximum absolute atomic E-state index is 12.5. The summed E-state index contributed by atoms with van der Waals surface area (Å²) in [6, 6.07) is 4.82. The first-order chi connectivity index (χ1) is 13.3. The van der Waals surface area contributed by atoms with Crippen LogP contribution in [0.15, 0.2) is 30.6 Å². The van der Waals surface area contributed by atoms with Crippen LogP contribution in [0.2, 0.25) is 0 Å². The van der Waals surface area contributed by atoms with Crippen LogP contribution in [0.4, 0.5) is 0 Å². The van der Waals surface area contributed by atoms with Crippen LogP contribution in [0.3, 0.4) is 0 Å². The number of nitrogens with one attached hydrogen (secondary N) is 2. The number of benzene rings is 1. The summed E-state index contributed by atoms with van der Waals surface area (Å²) in [6.07, 6.45) is 3.45. The van der Waals surface area contributed by atoms with Gasteiger partial charge >= 0.3 is 0 Å². The van der Waals surface area contributed by atoms with Gasteiger partial charge in [-0.05, 0) is 24.7 Å². The van der Waals surface area contributed by atoms with Crippen molar-refractivity contribution in [1.29, 1.82) is 0 Å². The fourth-order valence-electron chi connectivity index (χ4n) is 2.54. The van der Waals surface area contributed by atoms with E-state index >= 15 is 0 Å². The number of nitrogens with zero attached hydrogens (tertiary/aromatic N) is 3. The minimum absolute atomic E-state index is 0.0750. The van der Waals surface area contributed by atoms with Gasteiger partial charge in [-0.3, -0.25) is 14.3 Å². The molecule has 0 spiro atoms. The summed E-state index contributed by atoms with van der Waals surface area (Å²) in [5.74, 6) is 0.658. The Morgan fingerprint density at radius 2 is 2.04 bits per heavy atom. The predicted molar refractivity (Wildman–Crippen MR) is 104 cm³/mol. The molecular formula is C19H27N5O4. The van der Waals surface area contributed by atoms with E-state index in [1.54, 1.807) is 57.4 Å². The van der Waals surface area contributed by atoms with Crippen LogP contribution < -0.4 is 20.1 Å². The topological polar surface area (TPSA) is 97.7 Å². The van der Waals surface area contributed by atoms with Gasteiger partial charge in [0.05, 0.1) is 13.3 Å². The molecule has 0 saturated heterocycles. The number of methoxy groups -OCH3 is 1. The van der Waals surface area contributed by atoms with E-state index in [0.29, 0.717) is 18.0 Å². The number of rotatable bonds is 9. The van der Waals surface area contributed by atoms with E-state index < -0.39 is 6.04 Å². The largest absolute Gasteiger partial charge is 0.493 e. The summed E-state index contributed by atoms with van der Waals surface area (Å²) in [5.41, 5.74) is 1.63. The van der Waals surface area contributed by atoms with Crippen LogP contribution in [0.1, 0.15) is 17.2 Å². The van der Waals surface area contributed by atoms with Gasteiger partial charge in [0.15, 0.2) is 18.1 Å². The summed E-state index contributed by atoms with van der Waals surface area (Å²) >= 11 is 0. The molecule has 9 nitrogen and oxygen atoms in total. The summed E-state index contributed by atoms with van der Waals surface area (Å²) in [5, 5.41) is 9.99. The highest BCUT2D eigenvalue weighted by Crippen LogP contribution is 2.28. The van der Waals surface area contributed by atoms with Gasteiger partial charge in [-0.1, -0.05) is 6.07 Å². The lowest BCUT2D eigenvalue weighted by atomic mass is 10.1. The van der Waals surface area contributed by atoms with Crippen LogP contribution in [-0.2, 0) is 23.2 Å². The molecule has 0 aliphatic carbocycles. The second kappa shape index (κ2) is 9.75. The minimum atomic E-state index is -0.491. The lowest BCUT2D eigenvalue weighted by molar-refractivity contribution is -0.130. The Labute approximate surface area is 164 Å². The number of likely N-dealkylation sites (N-methyl/N-ethyl adjacent to an activating group) is 2. The van der Waals surface area contributed by atoms with Crippen molar-refractivity contribution in [2.75, 3.05) is 34.9 Å². The second-order valence-corrected chi connectivity index (χ2v) is 6.45. The van der Waals surface area contributed by atoms with E-state index in [0.717, 1.165) is 11.1 Å². The molecule has 0 aliphatic heterocycles. The van der Waals surface area contributed by atoms with Crippen molar-refractivity contribution in [2.24, 2.45) is 7.05 Å². The number of aromatic nitrogens is 2. The fraction of sp³-hybridized carbons (Fsp3) is 0.421. The zero-order valence-corrected chi connectivity index (χ0v) is 16.9. The zero-order valence-electron chi connectivity index (χ0n) is 16.9. The van der Waals surface area contributed by atoms with Crippen molar-refractivity contribution < 1.29 is 19.1 Å². The Bertz CT molecular complexity index is 818. The number of aryl methyl sites for hydroxylation is 1. The Kier molecular flexibility index (Phi) is 7.39. The molecule has 2 rings (SSSR count). The molecule has 2 amide bonds. The van der Waals surface area contributed by atoms with Gasteiger partial charge in [-0.25, -0.2) is 0 Å². The van der Waals surface area contributed by atoms with Gasteiger partial charge in [0.1, 0.15) is 6.04 Å². The first-order valence-electron chi connectivity index (χ1n) is 8.79. The van der Waals surface area contributed by atoms with E-state index in [1.807, 2.05) is 6.07 Å². The van der Waals surface area contributed by atoms with Crippen LogP contribution in [0.25, 0.3) is 0 Å². The van der Waals surface area contributed by atoms with Crippen molar-refractivity contribution in [3.8, 4) is 11.5 Å². The molecule has 1 atom stereocenters. The highest BCUT2D eigenvalue weighted by molar-refractivity contribution is 5.83. The third-order valence-corrected chi connectivity index (χ3v) is 4.15. The average molecular weight is 389 g/mol. The van der Waals surface area contributed by atoms with E-state index in [-0.39, 0.29) is 18.4 Å². The molecule has 0 aliphatic rings. The summed E-state index contributed by atoms with van der Waals surface area (Å²) in [7, 11) is 8.38. The summed E-state index contributed by atoms with van der Waals surface area (Å²) in [6.45, 7) is 0.249. The monoisotopic (exact) mass is 389 g/mol. The van der Waals surface area contributed by atoms with Crippen LogP contribution in [0.5, 0.6) is 11.5 Å². The number of hydrogen-bond acceptors (Lipinski definition) is 6. The Morgan fingerprint density at radius 1 is 1.29 bits per heavy atom. The van der Waals surface area contributed by atoms with Crippen molar-refractivity contribution in [2.45, 2.75) is 12.6 Å². The van der Waals surface area contributed by atoms with E-state index in [9.17, 15) is 9.59 Å². The molecule has 1 aromatic carbocycles. The standard InChI is InChI=1S/C19H27N5O4/c1-20-18(14-10-22-24(4)11-14)19(26)21-9-13-6-7-15(16(8-13)27-5)28-12-17(25)23(2)3/h6-8,10-11,18,20H,9,12H2,1-5H3,(H,21,26). The molecule has 1 aromatic heterocycles. The van der Waals surface area contributed by atoms with Crippen molar-refractivity contribution in [1.82, 2.24) is 25.3 Å². The molecule has 0 fully saturated rings. The average Bonchev–Trinajstić information content (AvgIpc) is 3.10. The lowest BCUT2D eigenvalue weighted by Crippen LogP contribution is -2.35. The SMILES string of the molecule is CNC(C(=O)NCc1ccc(OCC(=O)N(C)C)c(OC)c1)c1cnn(C)c1. The number of carbonyl (C=O) groups is 2. The Morgan fingerprint density at radius 3 is 2.61 bits per heavy atom. The molecule has 1 unspecified atom stereocenters. The lowest BCUT2D eigenvalue weighted by Gasteiger charge is -2.16. The van der Waals surface area contributed by atoms with Gasteiger partial charge in [-0.2, -0.15) is 5.10 Å². The number of ether oxygens (including phenoxy) is 2. The van der Waals surface area contributed by atoms with Gasteiger partial charge in [0.2, 0.25) is 5.91 Å². The third kappa shape index (κ3) is 5.46. The fourth-order valence-corrected chi connectivity index (χ4v) is 2.54. The van der Waals surface area contributed by atoms with Crippen LogP contribution in [0, 0.1) is 0 Å². The predicted octanol–water partition coefficient (Wildman–Crippen LogP) is 0.473. The van der Waals surface area contributed by atoms with Gasteiger partial charge in [0, 0.05) is 39.4 Å². The first-order valence-corrected chi connectivity index (χ1v) is 8.79. The molecule has 2 N–H and O–H groups in total. The first kappa shape index (κ1) is 21.2.